The van der Waals surface area contributed by atoms with Gasteiger partial charge in [-0.1, -0.05) is 37.6 Å². The Kier molecular flexibility index (Phi) is 4.44. The molecule has 4 heteroatoms. The maximum atomic E-state index is 13.0. The first-order valence-corrected chi connectivity index (χ1v) is 9.49. The highest BCUT2D eigenvalue weighted by molar-refractivity contribution is 6.54. The Morgan fingerprint density at radius 2 is 1.74 bits per heavy atom. The van der Waals surface area contributed by atoms with E-state index in [0.717, 1.165) is 52.6 Å². The van der Waals surface area contributed by atoms with Crippen LogP contribution in [0.5, 0.6) is 0 Å². The SMILES string of the molecule is CCCCNCc1oc2c(c1C)C(=O)C(=O)c1c-2ccc2c(C)cccc12. The summed E-state index contributed by atoms with van der Waals surface area (Å²) in [4.78, 5) is 25.8. The van der Waals surface area contributed by atoms with E-state index in [1.807, 2.05) is 44.2 Å². The molecule has 0 unspecified atom stereocenters. The molecule has 27 heavy (non-hydrogen) atoms. The van der Waals surface area contributed by atoms with Gasteiger partial charge in [-0.05, 0) is 49.2 Å². The molecule has 1 N–H and O–H groups in total. The van der Waals surface area contributed by atoms with Crippen molar-refractivity contribution in [2.75, 3.05) is 6.54 Å². The van der Waals surface area contributed by atoms with Crippen molar-refractivity contribution in [2.45, 2.75) is 40.2 Å². The molecule has 3 aromatic rings. The molecule has 0 saturated heterocycles. The zero-order chi connectivity index (χ0) is 19.1. The molecule has 138 valence electrons. The molecule has 1 aromatic heterocycles. The maximum Gasteiger partial charge on any atom is 0.237 e. The zero-order valence-electron chi connectivity index (χ0n) is 15.9. The van der Waals surface area contributed by atoms with Crippen molar-refractivity contribution in [3.63, 3.8) is 0 Å². The monoisotopic (exact) mass is 361 g/mol. The fraction of sp³-hybridized carbons (Fsp3) is 0.304. The summed E-state index contributed by atoms with van der Waals surface area (Å²) in [6.45, 7) is 7.47. The Morgan fingerprint density at radius 3 is 2.52 bits per heavy atom. The van der Waals surface area contributed by atoms with Crippen LogP contribution in [-0.4, -0.2) is 18.1 Å². The van der Waals surface area contributed by atoms with E-state index in [2.05, 4.69) is 12.2 Å². The van der Waals surface area contributed by atoms with E-state index >= 15 is 0 Å². The lowest BCUT2D eigenvalue weighted by molar-refractivity contribution is 0.0815. The average molecular weight is 361 g/mol. The van der Waals surface area contributed by atoms with Gasteiger partial charge in [0.25, 0.3) is 0 Å². The number of rotatable bonds is 5. The van der Waals surface area contributed by atoms with Crippen LogP contribution in [0, 0.1) is 13.8 Å². The largest absolute Gasteiger partial charge is 0.459 e. The standard InChI is InChI=1S/C23H23NO3/c1-4-5-11-24-12-18-14(3)19-21(25)22(26)20-16-8-6-7-13(2)15(16)9-10-17(20)23(19)27-18/h6-10,24H,4-5,11-12H2,1-3H3. The molecule has 0 aliphatic heterocycles. The highest BCUT2D eigenvalue weighted by atomic mass is 16.3. The Bertz CT molecular complexity index is 1070. The van der Waals surface area contributed by atoms with E-state index in [4.69, 9.17) is 4.42 Å². The van der Waals surface area contributed by atoms with Gasteiger partial charge in [0, 0.05) is 16.7 Å². The van der Waals surface area contributed by atoms with Gasteiger partial charge >= 0.3 is 0 Å². The number of nitrogens with one attached hydrogen (secondary N) is 1. The highest BCUT2D eigenvalue weighted by Gasteiger charge is 2.37. The quantitative estimate of drug-likeness (QED) is 0.514. The molecule has 1 aliphatic rings. The van der Waals surface area contributed by atoms with Gasteiger partial charge in [0.15, 0.2) is 0 Å². The fourth-order valence-electron chi connectivity index (χ4n) is 3.87. The molecule has 0 radical (unpaired) electrons. The minimum absolute atomic E-state index is 0.423. The molecule has 0 atom stereocenters. The van der Waals surface area contributed by atoms with Crippen molar-refractivity contribution in [1.82, 2.24) is 5.32 Å². The van der Waals surface area contributed by atoms with Crippen LogP contribution in [0.25, 0.3) is 22.1 Å². The Hall–Kier alpha value is -2.72. The van der Waals surface area contributed by atoms with E-state index < -0.39 is 11.6 Å². The fourth-order valence-corrected chi connectivity index (χ4v) is 3.87. The predicted octanol–water partition coefficient (Wildman–Crippen LogP) is 4.99. The Balaban J connectivity index is 1.86. The molecular weight excluding hydrogens is 338 g/mol. The normalized spacial score (nSPS) is 13.1. The summed E-state index contributed by atoms with van der Waals surface area (Å²) in [6, 6.07) is 9.74. The van der Waals surface area contributed by atoms with Crippen LogP contribution < -0.4 is 5.32 Å². The van der Waals surface area contributed by atoms with E-state index in [9.17, 15) is 9.59 Å². The van der Waals surface area contributed by atoms with Gasteiger partial charge in [-0.3, -0.25) is 9.59 Å². The first kappa shape index (κ1) is 17.7. The molecular formula is C23H23NO3. The number of carbonyl (C=O) groups excluding carboxylic acids is 2. The molecule has 0 fully saturated rings. The lowest BCUT2D eigenvalue weighted by Crippen LogP contribution is -2.21. The topological polar surface area (TPSA) is 59.3 Å². The lowest BCUT2D eigenvalue weighted by Gasteiger charge is -2.16. The summed E-state index contributed by atoms with van der Waals surface area (Å²) < 4.78 is 6.11. The molecule has 0 spiro atoms. The minimum Gasteiger partial charge on any atom is -0.459 e. The molecule has 0 amide bonds. The third-order valence-electron chi connectivity index (χ3n) is 5.42. The van der Waals surface area contributed by atoms with Crippen LogP contribution in [0.3, 0.4) is 0 Å². The number of aryl methyl sites for hydroxylation is 1. The number of fused-ring (bicyclic) bond motifs is 5. The van der Waals surface area contributed by atoms with Crippen molar-refractivity contribution in [3.05, 3.63) is 58.3 Å². The third-order valence-corrected chi connectivity index (χ3v) is 5.42. The number of furan rings is 1. The average Bonchev–Trinajstić information content (AvgIpc) is 2.99. The highest BCUT2D eigenvalue weighted by Crippen LogP contribution is 2.41. The molecule has 4 nitrogen and oxygen atoms in total. The zero-order valence-corrected chi connectivity index (χ0v) is 15.9. The second-order valence-corrected chi connectivity index (χ2v) is 7.20. The van der Waals surface area contributed by atoms with Crippen LogP contribution in [-0.2, 0) is 6.54 Å². The number of carbonyl (C=O) groups is 2. The molecule has 0 saturated carbocycles. The maximum absolute atomic E-state index is 13.0. The second-order valence-electron chi connectivity index (χ2n) is 7.20. The number of Topliss-reactive ketones (excluding diaryl/α,β-unsaturated/α-hetero) is 2. The second kappa shape index (κ2) is 6.78. The Morgan fingerprint density at radius 1 is 0.963 bits per heavy atom. The minimum atomic E-state index is -0.465. The molecule has 1 heterocycles. The first-order chi connectivity index (χ1) is 13.0. The number of unbranched alkanes of at least 4 members (excludes halogenated alkanes) is 1. The van der Waals surface area contributed by atoms with Crippen molar-refractivity contribution < 1.29 is 14.0 Å². The van der Waals surface area contributed by atoms with Crippen molar-refractivity contribution in [3.8, 4) is 11.3 Å². The van der Waals surface area contributed by atoms with Gasteiger partial charge in [0.05, 0.1) is 12.1 Å². The predicted molar refractivity (Wildman–Crippen MR) is 106 cm³/mol. The van der Waals surface area contributed by atoms with Gasteiger partial charge in [-0.25, -0.2) is 0 Å². The summed E-state index contributed by atoms with van der Waals surface area (Å²) in [6.07, 6.45) is 2.21. The van der Waals surface area contributed by atoms with Gasteiger partial charge in [0.2, 0.25) is 11.6 Å². The number of hydrogen-bond acceptors (Lipinski definition) is 4. The Labute approximate surface area is 158 Å². The van der Waals surface area contributed by atoms with Gasteiger partial charge in [-0.2, -0.15) is 0 Å². The lowest BCUT2D eigenvalue weighted by atomic mass is 9.83. The molecule has 0 bridgehead atoms. The third kappa shape index (κ3) is 2.72. The van der Waals surface area contributed by atoms with Crippen molar-refractivity contribution in [2.24, 2.45) is 0 Å². The summed E-state index contributed by atoms with van der Waals surface area (Å²) in [5.41, 5.74) is 3.45. The van der Waals surface area contributed by atoms with Gasteiger partial charge in [-0.15, -0.1) is 0 Å². The molecule has 1 aliphatic carbocycles. The molecule has 2 aromatic carbocycles. The van der Waals surface area contributed by atoms with Crippen LogP contribution in [0.2, 0.25) is 0 Å². The van der Waals surface area contributed by atoms with E-state index in [-0.39, 0.29) is 0 Å². The van der Waals surface area contributed by atoms with Crippen molar-refractivity contribution >= 4 is 22.3 Å². The number of benzene rings is 2. The summed E-state index contributed by atoms with van der Waals surface area (Å²) >= 11 is 0. The van der Waals surface area contributed by atoms with Crippen LogP contribution in [0.4, 0.5) is 0 Å². The van der Waals surface area contributed by atoms with E-state index in [1.54, 1.807) is 0 Å². The summed E-state index contributed by atoms with van der Waals surface area (Å²) in [5, 5.41) is 5.15. The van der Waals surface area contributed by atoms with Gasteiger partial charge in [0.1, 0.15) is 11.5 Å². The van der Waals surface area contributed by atoms with Crippen LogP contribution in [0.1, 0.15) is 57.4 Å². The number of ketones is 2. The summed E-state index contributed by atoms with van der Waals surface area (Å²) in [7, 11) is 0. The number of hydrogen-bond donors (Lipinski definition) is 1. The van der Waals surface area contributed by atoms with Crippen LogP contribution in [0.15, 0.2) is 34.7 Å². The smallest absolute Gasteiger partial charge is 0.237 e. The van der Waals surface area contributed by atoms with E-state index in [0.29, 0.717) is 23.4 Å². The van der Waals surface area contributed by atoms with Crippen molar-refractivity contribution in [1.29, 1.82) is 0 Å². The molecule has 4 rings (SSSR count). The van der Waals surface area contributed by atoms with E-state index in [1.165, 1.54) is 0 Å². The first-order valence-electron chi connectivity index (χ1n) is 9.49. The van der Waals surface area contributed by atoms with Crippen LogP contribution >= 0.6 is 0 Å². The van der Waals surface area contributed by atoms with Gasteiger partial charge < -0.3 is 9.73 Å². The summed E-state index contributed by atoms with van der Waals surface area (Å²) in [5.74, 6) is 0.355.